The van der Waals surface area contributed by atoms with Crippen molar-refractivity contribution >= 4 is 17.5 Å². The molecule has 0 spiro atoms. The van der Waals surface area contributed by atoms with Gasteiger partial charge in [0.15, 0.2) is 5.82 Å². The van der Waals surface area contributed by atoms with Gasteiger partial charge in [-0.25, -0.2) is 4.98 Å². The fourth-order valence-corrected chi connectivity index (χ4v) is 4.72. The van der Waals surface area contributed by atoms with Gasteiger partial charge in [0.2, 0.25) is 5.95 Å². The van der Waals surface area contributed by atoms with Crippen LogP contribution in [0.3, 0.4) is 0 Å². The molecule has 5 heteroatoms. The molecule has 120 valence electrons. The van der Waals surface area contributed by atoms with Crippen molar-refractivity contribution in [3.8, 4) is 0 Å². The Balaban J connectivity index is 1.76. The highest BCUT2D eigenvalue weighted by Gasteiger charge is 2.49. The number of nitrogen functional groups attached to an aromatic ring is 3. The van der Waals surface area contributed by atoms with Gasteiger partial charge in [0, 0.05) is 5.41 Å². The number of hydrogen-bond donors (Lipinski definition) is 3. The summed E-state index contributed by atoms with van der Waals surface area (Å²) < 4.78 is 0. The number of anilines is 3. The van der Waals surface area contributed by atoms with Crippen molar-refractivity contribution in [3.05, 3.63) is 41.6 Å². The van der Waals surface area contributed by atoms with Crippen LogP contribution in [-0.4, -0.2) is 9.97 Å². The Labute approximate surface area is 136 Å². The van der Waals surface area contributed by atoms with Crippen molar-refractivity contribution in [1.82, 2.24) is 9.97 Å². The van der Waals surface area contributed by atoms with Gasteiger partial charge in [-0.15, -0.1) is 0 Å². The van der Waals surface area contributed by atoms with Gasteiger partial charge in [-0.1, -0.05) is 30.3 Å². The van der Waals surface area contributed by atoms with Crippen molar-refractivity contribution in [2.75, 3.05) is 17.2 Å². The van der Waals surface area contributed by atoms with Crippen molar-refractivity contribution in [2.24, 2.45) is 5.92 Å². The fourth-order valence-electron chi connectivity index (χ4n) is 4.72. The van der Waals surface area contributed by atoms with Crippen molar-refractivity contribution in [2.45, 2.75) is 43.4 Å². The molecule has 0 radical (unpaired) electrons. The first-order chi connectivity index (χ1) is 11.1. The third kappa shape index (κ3) is 2.22. The maximum atomic E-state index is 6.24. The number of hydrogen-bond acceptors (Lipinski definition) is 5. The number of rotatable bonds is 2. The highest BCUT2D eigenvalue weighted by molar-refractivity contribution is 5.65. The fraction of sp³-hybridized carbons (Fsp3) is 0.444. The van der Waals surface area contributed by atoms with E-state index in [2.05, 4.69) is 40.3 Å². The first-order valence-corrected chi connectivity index (χ1v) is 8.33. The second kappa shape index (κ2) is 5.11. The molecule has 0 amide bonds. The van der Waals surface area contributed by atoms with Gasteiger partial charge in [0.25, 0.3) is 0 Å². The van der Waals surface area contributed by atoms with Crippen LogP contribution in [0.25, 0.3) is 0 Å². The van der Waals surface area contributed by atoms with Gasteiger partial charge in [-0.3, -0.25) is 0 Å². The molecule has 6 N–H and O–H groups in total. The number of fused-ring (bicyclic) bond motifs is 3. The van der Waals surface area contributed by atoms with E-state index in [9.17, 15) is 0 Å². The summed E-state index contributed by atoms with van der Waals surface area (Å²) >= 11 is 0. The maximum absolute atomic E-state index is 6.24. The normalized spacial score (nSPS) is 29.6. The van der Waals surface area contributed by atoms with E-state index in [1.807, 2.05) is 0 Å². The van der Waals surface area contributed by atoms with Crippen molar-refractivity contribution in [3.63, 3.8) is 0 Å². The zero-order valence-electron chi connectivity index (χ0n) is 13.2. The first-order valence-electron chi connectivity index (χ1n) is 8.33. The molecule has 1 unspecified atom stereocenters. The summed E-state index contributed by atoms with van der Waals surface area (Å²) in [7, 11) is 0. The Hall–Kier alpha value is -2.30. The zero-order chi connectivity index (χ0) is 16.0. The van der Waals surface area contributed by atoms with Crippen LogP contribution in [0.5, 0.6) is 0 Å². The summed E-state index contributed by atoms with van der Waals surface area (Å²) in [5.41, 5.74) is 20.8. The number of benzene rings is 1. The summed E-state index contributed by atoms with van der Waals surface area (Å²) in [6.45, 7) is 0. The minimum absolute atomic E-state index is 0.00940. The molecule has 0 saturated heterocycles. The Kier molecular flexibility index (Phi) is 3.18. The zero-order valence-corrected chi connectivity index (χ0v) is 13.2. The minimum atomic E-state index is -0.00940. The Morgan fingerprint density at radius 3 is 2.35 bits per heavy atom. The number of nitrogens with two attached hydrogens (primary N) is 3. The molecule has 3 aliphatic carbocycles. The molecule has 3 saturated carbocycles. The summed E-state index contributed by atoms with van der Waals surface area (Å²) in [4.78, 5) is 8.52. The van der Waals surface area contributed by atoms with Crippen molar-refractivity contribution in [1.29, 1.82) is 0 Å². The molecule has 2 aromatic rings. The number of aromatic nitrogens is 2. The number of nitrogens with zero attached hydrogens (tertiary/aromatic N) is 2. The predicted molar refractivity (Wildman–Crippen MR) is 92.7 cm³/mol. The van der Waals surface area contributed by atoms with E-state index in [0.717, 1.165) is 30.9 Å². The van der Waals surface area contributed by atoms with Crippen LogP contribution in [-0.2, 0) is 5.41 Å². The van der Waals surface area contributed by atoms with Gasteiger partial charge in [-0.05, 0) is 49.5 Å². The summed E-state index contributed by atoms with van der Waals surface area (Å²) in [5.74, 6) is 1.86. The molecule has 3 aliphatic rings. The van der Waals surface area contributed by atoms with Gasteiger partial charge in [0.05, 0.1) is 11.4 Å². The smallest absolute Gasteiger partial charge is 0.222 e. The summed E-state index contributed by atoms with van der Waals surface area (Å²) in [6.07, 6.45) is 5.72. The van der Waals surface area contributed by atoms with E-state index in [1.54, 1.807) is 0 Å². The molecule has 1 atom stereocenters. The quantitative estimate of drug-likeness (QED) is 0.791. The van der Waals surface area contributed by atoms with E-state index < -0.39 is 0 Å². The lowest BCUT2D eigenvalue weighted by atomic mass is 9.54. The van der Waals surface area contributed by atoms with Crippen LogP contribution in [0, 0.1) is 5.92 Å². The maximum Gasteiger partial charge on any atom is 0.222 e. The van der Waals surface area contributed by atoms with Crippen molar-refractivity contribution < 1.29 is 0 Å². The Bertz CT molecular complexity index is 720. The highest BCUT2D eigenvalue weighted by Crippen LogP contribution is 2.58. The van der Waals surface area contributed by atoms with E-state index >= 15 is 0 Å². The molecule has 5 rings (SSSR count). The average molecular weight is 309 g/mol. The Morgan fingerprint density at radius 1 is 0.957 bits per heavy atom. The molecule has 23 heavy (non-hydrogen) atoms. The molecule has 0 aliphatic heterocycles. The van der Waals surface area contributed by atoms with E-state index in [1.165, 1.54) is 18.4 Å². The standard InChI is InChI=1S/C18H23N5/c19-14-15(22-17(21)23-16(14)20)18-8-6-12(7-9-18)13(10-18)11-4-2-1-3-5-11/h1-5,12-13H,6-10,19H2,(H4,20,21,22,23). The largest absolute Gasteiger partial charge is 0.394 e. The van der Waals surface area contributed by atoms with Crippen LogP contribution in [0.1, 0.15) is 49.3 Å². The first kappa shape index (κ1) is 14.3. The molecule has 5 nitrogen and oxygen atoms in total. The molecular weight excluding hydrogens is 286 g/mol. The van der Waals surface area contributed by atoms with E-state index in [4.69, 9.17) is 17.2 Å². The second-order valence-corrected chi connectivity index (χ2v) is 7.07. The third-order valence-corrected chi connectivity index (χ3v) is 5.89. The lowest BCUT2D eigenvalue weighted by molar-refractivity contribution is 0.106. The third-order valence-electron chi connectivity index (χ3n) is 5.89. The molecular formula is C18H23N5. The minimum Gasteiger partial charge on any atom is -0.394 e. The highest BCUT2D eigenvalue weighted by atomic mass is 15.1. The van der Waals surface area contributed by atoms with Crippen LogP contribution in [0.15, 0.2) is 30.3 Å². The second-order valence-electron chi connectivity index (χ2n) is 7.07. The summed E-state index contributed by atoms with van der Waals surface area (Å²) in [6, 6.07) is 10.8. The lowest BCUT2D eigenvalue weighted by Crippen LogP contribution is -2.43. The van der Waals surface area contributed by atoms with Gasteiger partial charge in [-0.2, -0.15) is 4.98 Å². The van der Waals surface area contributed by atoms with Crippen LogP contribution in [0.2, 0.25) is 0 Å². The molecule has 1 aromatic heterocycles. The SMILES string of the molecule is Nc1nc(N)c(N)c(C23CCC(CC2)C(c2ccccc2)C3)n1. The van der Waals surface area contributed by atoms with Gasteiger partial charge < -0.3 is 17.2 Å². The van der Waals surface area contributed by atoms with Crippen LogP contribution in [0.4, 0.5) is 17.5 Å². The lowest BCUT2D eigenvalue weighted by Gasteiger charge is -2.51. The predicted octanol–water partition coefficient (Wildman–Crippen LogP) is 2.84. The van der Waals surface area contributed by atoms with Crippen LogP contribution >= 0.6 is 0 Å². The van der Waals surface area contributed by atoms with Crippen LogP contribution < -0.4 is 17.2 Å². The summed E-state index contributed by atoms with van der Waals surface area (Å²) in [5, 5.41) is 0. The molecule has 2 bridgehead atoms. The van der Waals surface area contributed by atoms with Gasteiger partial charge in [0.1, 0.15) is 0 Å². The Morgan fingerprint density at radius 2 is 1.65 bits per heavy atom. The molecule has 1 aromatic carbocycles. The van der Waals surface area contributed by atoms with E-state index in [-0.39, 0.29) is 11.4 Å². The molecule has 1 heterocycles. The van der Waals surface area contributed by atoms with Gasteiger partial charge >= 0.3 is 0 Å². The van der Waals surface area contributed by atoms with E-state index in [0.29, 0.717) is 17.4 Å². The molecule has 3 fully saturated rings. The monoisotopic (exact) mass is 309 g/mol. The topological polar surface area (TPSA) is 104 Å². The average Bonchev–Trinajstić information content (AvgIpc) is 2.59.